The zero-order chi connectivity index (χ0) is 21.9. The van der Waals surface area contributed by atoms with Gasteiger partial charge in [-0.25, -0.2) is 0 Å². The Hall–Kier alpha value is -2.18. The second-order valence-corrected chi connectivity index (χ2v) is 8.17. The van der Waals surface area contributed by atoms with Crippen LogP contribution in [-0.2, 0) is 0 Å². The highest BCUT2D eigenvalue weighted by Gasteiger charge is 2.33. The molecule has 2 N–H and O–H groups in total. The third-order valence-corrected chi connectivity index (χ3v) is 5.97. The predicted molar refractivity (Wildman–Crippen MR) is 136 cm³/mol. The first-order valence-electron chi connectivity index (χ1n) is 10.6. The van der Waals surface area contributed by atoms with E-state index in [1.807, 2.05) is 12.1 Å². The molecule has 162 valence electrons. The average molecular weight is 443 g/mol. The Kier molecular flexibility index (Phi) is 10.0. The van der Waals surface area contributed by atoms with E-state index in [1.165, 1.54) is 11.1 Å². The Balaban J connectivity index is 2.51. The van der Waals surface area contributed by atoms with E-state index in [9.17, 15) is 0 Å². The molecule has 0 aromatic heterocycles. The highest BCUT2D eigenvalue weighted by atomic mass is 32.1. The molecule has 0 radical (unpaired) electrons. The molecule has 0 aliphatic carbocycles. The van der Waals surface area contributed by atoms with Crippen LogP contribution in [0.1, 0.15) is 49.9 Å². The van der Waals surface area contributed by atoms with Gasteiger partial charge in [-0.2, -0.15) is 0 Å². The largest absolute Gasteiger partial charge is 0.363 e. The quantitative estimate of drug-likeness (QED) is 0.537. The minimum Gasteiger partial charge on any atom is -0.363 e. The van der Waals surface area contributed by atoms with Crippen molar-refractivity contribution in [2.75, 3.05) is 27.2 Å². The van der Waals surface area contributed by atoms with Crippen LogP contribution in [0.3, 0.4) is 0 Å². The topological polar surface area (TPSA) is 30.5 Å². The second-order valence-electron chi connectivity index (χ2n) is 7.40. The highest BCUT2D eigenvalue weighted by Crippen LogP contribution is 2.37. The molecule has 4 nitrogen and oxygen atoms in total. The lowest BCUT2D eigenvalue weighted by Gasteiger charge is -2.42. The van der Waals surface area contributed by atoms with Crippen LogP contribution < -0.4 is 10.6 Å². The standard InChI is InChI=1S/C24H34N4S2/c1-5-17-25-23(29)27(3)21(19-13-9-7-10-14-19)22(20-15-11-8-12-16-20)28(4)24(30)26-18-6-2/h7-16,21-22H,5-6,17-18H2,1-4H3,(H,25,29)(H,26,30)/t21-,22-/m1/s1. The summed E-state index contributed by atoms with van der Waals surface area (Å²) in [5.74, 6) is 0. The molecule has 0 unspecified atom stereocenters. The fourth-order valence-electron chi connectivity index (χ4n) is 3.50. The van der Waals surface area contributed by atoms with E-state index in [0.717, 1.165) is 36.2 Å². The number of hydrogen-bond acceptors (Lipinski definition) is 2. The Morgan fingerprint density at radius 1 is 0.700 bits per heavy atom. The van der Waals surface area contributed by atoms with Crippen LogP contribution in [0.5, 0.6) is 0 Å². The fourth-order valence-corrected chi connectivity index (χ4v) is 3.93. The van der Waals surface area contributed by atoms with E-state index < -0.39 is 0 Å². The molecule has 30 heavy (non-hydrogen) atoms. The van der Waals surface area contributed by atoms with Crippen LogP contribution in [0.15, 0.2) is 60.7 Å². The van der Waals surface area contributed by atoms with Gasteiger partial charge in [0, 0.05) is 27.2 Å². The third-order valence-electron chi connectivity index (χ3n) is 5.11. The molecule has 0 fully saturated rings. The van der Waals surface area contributed by atoms with Crippen LogP contribution in [0.4, 0.5) is 0 Å². The van der Waals surface area contributed by atoms with Gasteiger partial charge in [0.15, 0.2) is 10.2 Å². The second kappa shape index (κ2) is 12.5. The molecular formula is C24H34N4S2. The van der Waals surface area contributed by atoms with Crippen LogP contribution in [0, 0.1) is 0 Å². The summed E-state index contributed by atoms with van der Waals surface area (Å²) >= 11 is 11.5. The molecule has 0 spiro atoms. The summed E-state index contributed by atoms with van der Waals surface area (Å²) in [5.41, 5.74) is 2.39. The number of hydrogen-bond donors (Lipinski definition) is 2. The smallest absolute Gasteiger partial charge is 0.169 e. The van der Waals surface area contributed by atoms with Crippen molar-refractivity contribution in [3.63, 3.8) is 0 Å². The molecule has 0 amide bonds. The first kappa shape index (κ1) is 24.1. The van der Waals surface area contributed by atoms with Gasteiger partial charge in [0.05, 0.1) is 12.1 Å². The van der Waals surface area contributed by atoms with Crippen molar-refractivity contribution in [2.24, 2.45) is 0 Å². The third kappa shape index (κ3) is 6.41. The lowest BCUT2D eigenvalue weighted by molar-refractivity contribution is 0.215. The normalized spacial score (nSPS) is 12.5. The number of nitrogens with one attached hydrogen (secondary N) is 2. The monoisotopic (exact) mass is 442 g/mol. The minimum atomic E-state index is -0.0168. The summed E-state index contributed by atoms with van der Waals surface area (Å²) < 4.78 is 0. The van der Waals surface area contributed by atoms with Gasteiger partial charge >= 0.3 is 0 Å². The molecule has 0 saturated heterocycles. The van der Waals surface area contributed by atoms with Gasteiger partial charge in [0.1, 0.15) is 0 Å². The molecule has 2 atom stereocenters. The maximum Gasteiger partial charge on any atom is 0.169 e. The van der Waals surface area contributed by atoms with E-state index in [-0.39, 0.29) is 12.1 Å². The van der Waals surface area contributed by atoms with Crippen molar-refractivity contribution in [2.45, 2.75) is 38.8 Å². The van der Waals surface area contributed by atoms with Gasteiger partial charge in [-0.1, -0.05) is 74.5 Å². The van der Waals surface area contributed by atoms with Crippen LogP contribution in [0.2, 0.25) is 0 Å². The number of nitrogens with zero attached hydrogens (tertiary/aromatic N) is 2. The van der Waals surface area contributed by atoms with Gasteiger partial charge < -0.3 is 20.4 Å². The Bertz CT molecular complexity index is 715. The summed E-state index contributed by atoms with van der Waals surface area (Å²) in [5, 5.41) is 8.25. The SMILES string of the molecule is CCCNC(=S)N(C)[C@H](c1ccccc1)[C@@H](c1ccccc1)N(C)C(=S)NCCC. The maximum atomic E-state index is 5.76. The van der Waals surface area contributed by atoms with E-state index in [4.69, 9.17) is 24.4 Å². The summed E-state index contributed by atoms with van der Waals surface area (Å²) in [6, 6.07) is 21.0. The summed E-state index contributed by atoms with van der Waals surface area (Å²) in [6.07, 6.45) is 2.05. The molecule has 6 heteroatoms. The summed E-state index contributed by atoms with van der Waals surface area (Å²) in [4.78, 5) is 4.33. The molecule has 0 aliphatic heterocycles. The molecule has 0 heterocycles. The van der Waals surface area contributed by atoms with Crippen molar-refractivity contribution in [1.29, 1.82) is 0 Å². The number of rotatable bonds is 9. The maximum absolute atomic E-state index is 5.76. The lowest BCUT2D eigenvalue weighted by atomic mass is 9.91. The van der Waals surface area contributed by atoms with Crippen molar-refractivity contribution in [3.05, 3.63) is 71.8 Å². The summed E-state index contributed by atoms with van der Waals surface area (Å²) in [7, 11) is 4.13. The number of likely N-dealkylation sites (N-methyl/N-ethyl adjacent to an activating group) is 2. The van der Waals surface area contributed by atoms with Crippen molar-refractivity contribution >= 4 is 34.7 Å². The van der Waals surface area contributed by atoms with Crippen LogP contribution in [-0.4, -0.2) is 47.2 Å². The molecule has 0 saturated carbocycles. The van der Waals surface area contributed by atoms with Gasteiger partial charge in [-0.05, 0) is 48.4 Å². The molecule has 0 bridgehead atoms. The molecular weight excluding hydrogens is 408 g/mol. The lowest BCUT2D eigenvalue weighted by Crippen LogP contribution is -2.48. The minimum absolute atomic E-state index is 0.0168. The molecule has 2 rings (SSSR count). The van der Waals surface area contributed by atoms with Crippen LogP contribution >= 0.6 is 24.4 Å². The summed E-state index contributed by atoms with van der Waals surface area (Å²) in [6.45, 7) is 5.99. The fraction of sp³-hybridized carbons (Fsp3) is 0.417. The predicted octanol–water partition coefficient (Wildman–Crippen LogP) is 4.90. The van der Waals surface area contributed by atoms with Gasteiger partial charge in [0.25, 0.3) is 0 Å². The van der Waals surface area contributed by atoms with Gasteiger partial charge in [-0.3, -0.25) is 0 Å². The molecule has 2 aromatic carbocycles. The number of thiocarbonyl (C=S) groups is 2. The first-order chi connectivity index (χ1) is 14.5. The highest BCUT2D eigenvalue weighted by molar-refractivity contribution is 7.80. The van der Waals surface area contributed by atoms with E-state index in [2.05, 4.69) is 96.9 Å². The van der Waals surface area contributed by atoms with Gasteiger partial charge in [-0.15, -0.1) is 0 Å². The zero-order valence-corrected chi connectivity index (χ0v) is 20.1. The van der Waals surface area contributed by atoms with E-state index in [1.54, 1.807) is 0 Å². The van der Waals surface area contributed by atoms with E-state index >= 15 is 0 Å². The Morgan fingerprint density at radius 2 is 1.03 bits per heavy atom. The Morgan fingerprint density at radius 3 is 1.33 bits per heavy atom. The van der Waals surface area contributed by atoms with Crippen LogP contribution in [0.25, 0.3) is 0 Å². The molecule has 2 aromatic rings. The van der Waals surface area contributed by atoms with E-state index in [0.29, 0.717) is 0 Å². The van der Waals surface area contributed by atoms with Crippen molar-refractivity contribution in [3.8, 4) is 0 Å². The van der Waals surface area contributed by atoms with Crippen molar-refractivity contribution < 1.29 is 0 Å². The van der Waals surface area contributed by atoms with Gasteiger partial charge in [0.2, 0.25) is 0 Å². The zero-order valence-electron chi connectivity index (χ0n) is 18.5. The molecule has 0 aliphatic rings. The average Bonchev–Trinajstić information content (AvgIpc) is 2.79. The van der Waals surface area contributed by atoms with Crippen molar-refractivity contribution in [1.82, 2.24) is 20.4 Å². The number of benzene rings is 2. The Labute approximate surface area is 192 Å². The first-order valence-corrected chi connectivity index (χ1v) is 11.4.